The number of thiocarbonyl (C=S) groups is 1. The van der Waals surface area contributed by atoms with E-state index in [9.17, 15) is 9.59 Å². The number of rotatable bonds is 3. The Balaban J connectivity index is 1.71. The Kier molecular flexibility index (Phi) is 7.31. The van der Waals surface area contributed by atoms with Crippen molar-refractivity contribution < 1.29 is 9.59 Å². The zero-order chi connectivity index (χ0) is 21.0. The van der Waals surface area contributed by atoms with Crippen LogP contribution in [-0.4, -0.2) is 48.0 Å². The van der Waals surface area contributed by atoms with Gasteiger partial charge < -0.3 is 15.1 Å². The number of carbonyl (C=O) groups excluding carboxylic acids is 2. The summed E-state index contributed by atoms with van der Waals surface area (Å²) < 4.78 is 0.968. The number of para-hydroxylation sites is 1. The van der Waals surface area contributed by atoms with Crippen LogP contribution in [-0.2, 0) is 4.79 Å². The van der Waals surface area contributed by atoms with E-state index in [2.05, 4.69) is 38.1 Å². The first-order valence-corrected chi connectivity index (χ1v) is 10.9. The Morgan fingerprint density at radius 3 is 2.45 bits per heavy atom. The van der Waals surface area contributed by atoms with Crippen molar-refractivity contribution in [3.05, 3.63) is 56.6 Å². The lowest BCUT2D eigenvalue weighted by atomic mass is 10.2. The van der Waals surface area contributed by atoms with Crippen LogP contribution in [0.1, 0.15) is 17.3 Å². The summed E-state index contributed by atoms with van der Waals surface area (Å²) in [6, 6.07) is 12.8. The highest BCUT2D eigenvalue weighted by Gasteiger charge is 2.23. The Morgan fingerprint density at radius 1 is 1.10 bits per heavy atom. The van der Waals surface area contributed by atoms with Crippen molar-refractivity contribution in [2.75, 3.05) is 36.4 Å². The highest BCUT2D eigenvalue weighted by atomic mass is 127. The van der Waals surface area contributed by atoms with Crippen LogP contribution in [0, 0.1) is 3.57 Å². The predicted octanol–water partition coefficient (Wildman–Crippen LogP) is 3.74. The smallest absolute Gasteiger partial charge is 0.257 e. The quantitative estimate of drug-likeness (QED) is 0.457. The maximum Gasteiger partial charge on any atom is 0.257 e. The van der Waals surface area contributed by atoms with Crippen molar-refractivity contribution in [1.82, 2.24) is 10.2 Å². The predicted molar refractivity (Wildman–Crippen MR) is 129 cm³/mol. The van der Waals surface area contributed by atoms with Crippen molar-refractivity contribution in [2.24, 2.45) is 0 Å². The van der Waals surface area contributed by atoms with Gasteiger partial charge in [0, 0.05) is 42.2 Å². The van der Waals surface area contributed by atoms with E-state index in [1.165, 1.54) is 0 Å². The summed E-state index contributed by atoms with van der Waals surface area (Å²) in [6.45, 7) is 4.17. The SMILES string of the molecule is CC(=O)N1CCN(c2c(Cl)cccc2NC(=S)NC(=O)c2cccc(I)c2)CC1. The zero-order valence-electron chi connectivity index (χ0n) is 15.7. The minimum absolute atomic E-state index is 0.0709. The molecule has 2 N–H and O–H groups in total. The van der Waals surface area contributed by atoms with Gasteiger partial charge in [-0.2, -0.15) is 0 Å². The molecular formula is C20H20ClIN4O2S. The number of carbonyl (C=O) groups is 2. The maximum absolute atomic E-state index is 12.4. The van der Waals surface area contributed by atoms with Gasteiger partial charge in [-0.05, 0) is 65.1 Å². The van der Waals surface area contributed by atoms with Crippen LogP contribution in [0.15, 0.2) is 42.5 Å². The van der Waals surface area contributed by atoms with Gasteiger partial charge in [-0.25, -0.2) is 0 Å². The average Bonchev–Trinajstić information content (AvgIpc) is 2.68. The lowest BCUT2D eigenvalue weighted by Crippen LogP contribution is -2.48. The lowest BCUT2D eigenvalue weighted by molar-refractivity contribution is -0.129. The maximum atomic E-state index is 12.4. The van der Waals surface area contributed by atoms with Crippen LogP contribution in [0.2, 0.25) is 5.02 Å². The van der Waals surface area contributed by atoms with E-state index in [-0.39, 0.29) is 16.9 Å². The third kappa shape index (κ3) is 5.58. The molecule has 9 heteroatoms. The van der Waals surface area contributed by atoms with E-state index >= 15 is 0 Å². The molecule has 0 aliphatic carbocycles. The average molecular weight is 543 g/mol. The third-order valence-electron chi connectivity index (χ3n) is 4.59. The molecule has 0 radical (unpaired) electrons. The second kappa shape index (κ2) is 9.73. The standard InChI is InChI=1S/C20H20ClIN4O2S/c1-13(27)25-8-10-26(11-9-25)18-16(21)6-3-7-17(18)23-20(29)24-19(28)14-4-2-5-15(22)12-14/h2-7,12H,8-11H2,1H3,(H2,23,24,28,29). The number of benzene rings is 2. The highest BCUT2D eigenvalue weighted by Crippen LogP contribution is 2.34. The van der Waals surface area contributed by atoms with Crippen molar-refractivity contribution in [2.45, 2.75) is 6.92 Å². The van der Waals surface area contributed by atoms with E-state index in [1.54, 1.807) is 19.1 Å². The van der Waals surface area contributed by atoms with Gasteiger partial charge in [0.2, 0.25) is 5.91 Å². The summed E-state index contributed by atoms with van der Waals surface area (Å²) >= 11 is 14.0. The van der Waals surface area contributed by atoms with Crippen LogP contribution < -0.4 is 15.5 Å². The first kappa shape index (κ1) is 21.8. The van der Waals surface area contributed by atoms with Gasteiger partial charge in [0.1, 0.15) is 0 Å². The molecule has 1 fully saturated rings. The first-order chi connectivity index (χ1) is 13.8. The third-order valence-corrected chi connectivity index (χ3v) is 5.77. The number of amides is 2. The van der Waals surface area contributed by atoms with Gasteiger partial charge in [0.05, 0.1) is 16.4 Å². The minimum Gasteiger partial charge on any atom is -0.365 e. The molecular weight excluding hydrogens is 523 g/mol. The summed E-state index contributed by atoms with van der Waals surface area (Å²) in [6.07, 6.45) is 0. The summed E-state index contributed by atoms with van der Waals surface area (Å²) in [5, 5.41) is 6.57. The van der Waals surface area contributed by atoms with Gasteiger partial charge in [-0.15, -0.1) is 0 Å². The van der Waals surface area contributed by atoms with Gasteiger partial charge in [-0.3, -0.25) is 14.9 Å². The normalized spacial score (nSPS) is 13.8. The summed E-state index contributed by atoms with van der Waals surface area (Å²) in [5.74, 6) is -0.207. The molecule has 2 aromatic rings. The molecule has 1 aliphatic rings. The van der Waals surface area contributed by atoms with Gasteiger partial charge in [-0.1, -0.05) is 23.7 Å². The van der Waals surface area contributed by atoms with Gasteiger partial charge in [0.15, 0.2) is 5.11 Å². The van der Waals surface area contributed by atoms with Crippen molar-refractivity contribution >= 4 is 74.7 Å². The number of nitrogens with one attached hydrogen (secondary N) is 2. The van der Waals surface area contributed by atoms with E-state index in [0.717, 1.165) is 9.26 Å². The van der Waals surface area contributed by atoms with E-state index < -0.39 is 0 Å². The van der Waals surface area contributed by atoms with E-state index in [4.69, 9.17) is 23.8 Å². The second-order valence-electron chi connectivity index (χ2n) is 6.55. The molecule has 152 valence electrons. The highest BCUT2D eigenvalue weighted by molar-refractivity contribution is 14.1. The minimum atomic E-state index is -0.278. The van der Waals surface area contributed by atoms with E-state index in [0.29, 0.717) is 42.5 Å². The number of anilines is 2. The van der Waals surface area contributed by atoms with Crippen LogP contribution in [0.4, 0.5) is 11.4 Å². The molecule has 0 atom stereocenters. The fourth-order valence-electron chi connectivity index (χ4n) is 3.14. The molecule has 2 aromatic carbocycles. The first-order valence-electron chi connectivity index (χ1n) is 9.02. The summed E-state index contributed by atoms with van der Waals surface area (Å²) in [4.78, 5) is 27.9. The number of halogens is 2. The number of piperazine rings is 1. The zero-order valence-corrected chi connectivity index (χ0v) is 19.5. The topological polar surface area (TPSA) is 64.7 Å². The molecule has 0 aromatic heterocycles. The monoisotopic (exact) mass is 542 g/mol. The molecule has 2 amide bonds. The Hall–Kier alpha value is -1.91. The Bertz CT molecular complexity index is 948. The molecule has 3 rings (SSSR count). The number of hydrogen-bond acceptors (Lipinski definition) is 4. The number of nitrogens with zero attached hydrogens (tertiary/aromatic N) is 2. The molecule has 6 nitrogen and oxygen atoms in total. The molecule has 1 saturated heterocycles. The number of hydrogen-bond donors (Lipinski definition) is 2. The second-order valence-corrected chi connectivity index (χ2v) is 8.61. The van der Waals surface area contributed by atoms with Crippen molar-refractivity contribution in [1.29, 1.82) is 0 Å². The summed E-state index contributed by atoms with van der Waals surface area (Å²) in [5.41, 5.74) is 2.05. The van der Waals surface area contributed by atoms with Crippen LogP contribution >= 0.6 is 46.4 Å². The fourth-order valence-corrected chi connectivity index (χ4v) is 4.18. The molecule has 29 heavy (non-hydrogen) atoms. The van der Waals surface area contributed by atoms with Crippen LogP contribution in [0.25, 0.3) is 0 Å². The van der Waals surface area contributed by atoms with Gasteiger partial charge in [0.25, 0.3) is 5.91 Å². The molecule has 0 bridgehead atoms. The largest absolute Gasteiger partial charge is 0.365 e. The summed E-state index contributed by atoms with van der Waals surface area (Å²) in [7, 11) is 0. The lowest BCUT2D eigenvalue weighted by Gasteiger charge is -2.37. The molecule has 1 aliphatic heterocycles. The van der Waals surface area contributed by atoms with Crippen molar-refractivity contribution in [3.8, 4) is 0 Å². The van der Waals surface area contributed by atoms with Gasteiger partial charge >= 0.3 is 0 Å². The van der Waals surface area contributed by atoms with E-state index in [1.807, 2.05) is 35.2 Å². The molecule has 0 unspecified atom stereocenters. The molecule has 0 spiro atoms. The van der Waals surface area contributed by atoms with Crippen LogP contribution in [0.3, 0.4) is 0 Å². The molecule has 1 heterocycles. The van der Waals surface area contributed by atoms with Crippen molar-refractivity contribution in [3.63, 3.8) is 0 Å². The fraction of sp³-hybridized carbons (Fsp3) is 0.250. The Labute approximate surface area is 193 Å². The molecule has 0 saturated carbocycles. The Morgan fingerprint density at radius 2 is 1.79 bits per heavy atom. The van der Waals surface area contributed by atoms with Crippen LogP contribution in [0.5, 0.6) is 0 Å².